The SMILES string of the molecule is O=C(O)CCCCCCCCOCC(=O)[C@@H](O)[C@H](O)[C@H](O)CO. The molecular weight excluding hydrogens is 308 g/mol. The van der Waals surface area contributed by atoms with Gasteiger partial charge in [-0.05, 0) is 12.8 Å². The van der Waals surface area contributed by atoms with Crippen LogP contribution in [0, 0.1) is 0 Å². The molecule has 8 heteroatoms. The highest BCUT2D eigenvalue weighted by Crippen LogP contribution is 2.07. The third kappa shape index (κ3) is 11.2. The van der Waals surface area contributed by atoms with Gasteiger partial charge in [0.25, 0.3) is 0 Å². The second-order valence-electron chi connectivity index (χ2n) is 5.47. The summed E-state index contributed by atoms with van der Waals surface area (Å²) in [6.45, 7) is -0.778. The number of ether oxygens (including phenoxy) is 1. The number of rotatable bonds is 15. The summed E-state index contributed by atoms with van der Waals surface area (Å²) in [5, 5.41) is 45.0. The molecule has 3 atom stereocenters. The second kappa shape index (κ2) is 13.4. The molecule has 0 rings (SSSR count). The van der Waals surface area contributed by atoms with Crippen molar-refractivity contribution in [3.05, 3.63) is 0 Å². The van der Waals surface area contributed by atoms with E-state index < -0.39 is 36.7 Å². The summed E-state index contributed by atoms with van der Waals surface area (Å²) in [5.74, 6) is -1.53. The van der Waals surface area contributed by atoms with E-state index in [4.69, 9.17) is 20.1 Å². The molecule has 8 nitrogen and oxygen atoms in total. The molecule has 23 heavy (non-hydrogen) atoms. The van der Waals surface area contributed by atoms with E-state index in [1.54, 1.807) is 0 Å². The lowest BCUT2D eigenvalue weighted by molar-refractivity contribution is -0.144. The molecule has 0 spiro atoms. The van der Waals surface area contributed by atoms with E-state index in [0.717, 1.165) is 32.1 Å². The molecule has 0 aliphatic carbocycles. The van der Waals surface area contributed by atoms with Crippen molar-refractivity contribution in [2.45, 2.75) is 63.3 Å². The number of hydrogen-bond donors (Lipinski definition) is 5. The first-order valence-electron chi connectivity index (χ1n) is 7.87. The fourth-order valence-electron chi connectivity index (χ4n) is 1.95. The first-order valence-corrected chi connectivity index (χ1v) is 7.87. The largest absolute Gasteiger partial charge is 0.481 e. The van der Waals surface area contributed by atoms with Crippen molar-refractivity contribution in [3.63, 3.8) is 0 Å². The average molecular weight is 336 g/mol. The van der Waals surface area contributed by atoms with Gasteiger partial charge in [0.05, 0.1) is 6.61 Å². The first-order chi connectivity index (χ1) is 10.9. The predicted molar refractivity (Wildman–Crippen MR) is 80.9 cm³/mol. The van der Waals surface area contributed by atoms with Crippen LogP contribution in [0.4, 0.5) is 0 Å². The molecule has 5 N–H and O–H groups in total. The van der Waals surface area contributed by atoms with Crippen LogP contribution in [0.1, 0.15) is 44.9 Å². The zero-order valence-corrected chi connectivity index (χ0v) is 13.3. The molecule has 0 aromatic carbocycles. The molecule has 0 saturated heterocycles. The van der Waals surface area contributed by atoms with Crippen LogP contribution in [0.25, 0.3) is 0 Å². The van der Waals surface area contributed by atoms with Gasteiger partial charge in [0, 0.05) is 13.0 Å². The minimum absolute atomic E-state index is 0.199. The van der Waals surface area contributed by atoms with Crippen molar-refractivity contribution < 1.29 is 39.9 Å². The van der Waals surface area contributed by atoms with Gasteiger partial charge in [-0.25, -0.2) is 0 Å². The topological polar surface area (TPSA) is 145 Å². The summed E-state index contributed by atoms with van der Waals surface area (Å²) in [6, 6.07) is 0. The molecule has 0 amide bonds. The Morgan fingerprint density at radius 2 is 1.48 bits per heavy atom. The number of aliphatic carboxylic acids is 1. The molecule has 0 fully saturated rings. The highest BCUT2D eigenvalue weighted by Gasteiger charge is 2.29. The third-order valence-corrected chi connectivity index (χ3v) is 3.41. The molecule has 0 aromatic heterocycles. The second-order valence-corrected chi connectivity index (χ2v) is 5.47. The van der Waals surface area contributed by atoms with E-state index in [1.807, 2.05) is 0 Å². The Morgan fingerprint density at radius 3 is 2.04 bits per heavy atom. The van der Waals surface area contributed by atoms with Gasteiger partial charge < -0.3 is 30.3 Å². The van der Waals surface area contributed by atoms with Crippen molar-refractivity contribution in [2.75, 3.05) is 19.8 Å². The smallest absolute Gasteiger partial charge is 0.303 e. The zero-order valence-electron chi connectivity index (χ0n) is 13.3. The Labute approximate surface area is 135 Å². The van der Waals surface area contributed by atoms with Crippen molar-refractivity contribution in [2.24, 2.45) is 0 Å². The molecule has 0 radical (unpaired) electrons. The van der Waals surface area contributed by atoms with Gasteiger partial charge in [-0.2, -0.15) is 0 Å². The van der Waals surface area contributed by atoms with Crippen molar-refractivity contribution in [3.8, 4) is 0 Å². The zero-order chi connectivity index (χ0) is 17.7. The van der Waals surface area contributed by atoms with Gasteiger partial charge in [0.1, 0.15) is 24.9 Å². The molecule has 0 saturated carbocycles. The molecule has 0 aromatic rings. The van der Waals surface area contributed by atoms with Crippen molar-refractivity contribution >= 4 is 11.8 Å². The summed E-state index contributed by atoms with van der Waals surface area (Å²) in [7, 11) is 0. The van der Waals surface area contributed by atoms with Crippen molar-refractivity contribution in [1.82, 2.24) is 0 Å². The van der Waals surface area contributed by atoms with Crippen LogP contribution in [0.5, 0.6) is 0 Å². The number of carbonyl (C=O) groups excluding carboxylic acids is 1. The summed E-state index contributed by atoms with van der Waals surface area (Å²) < 4.78 is 5.10. The van der Waals surface area contributed by atoms with Gasteiger partial charge in [0.15, 0.2) is 5.78 Å². The number of carbonyl (C=O) groups is 2. The summed E-state index contributed by atoms with van der Waals surface area (Å²) in [4.78, 5) is 21.8. The lowest BCUT2D eigenvalue weighted by Gasteiger charge is -2.20. The fourth-order valence-corrected chi connectivity index (χ4v) is 1.95. The van der Waals surface area contributed by atoms with Crippen LogP contribution in [-0.2, 0) is 14.3 Å². The minimum atomic E-state index is -1.79. The van der Waals surface area contributed by atoms with Crippen LogP contribution in [0.3, 0.4) is 0 Å². The van der Waals surface area contributed by atoms with Crippen LogP contribution in [0.2, 0.25) is 0 Å². The maximum Gasteiger partial charge on any atom is 0.303 e. The number of aliphatic hydroxyl groups is 4. The van der Waals surface area contributed by atoms with Gasteiger partial charge >= 0.3 is 5.97 Å². The maximum absolute atomic E-state index is 11.5. The lowest BCUT2D eigenvalue weighted by Crippen LogP contribution is -2.45. The Morgan fingerprint density at radius 1 is 0.913 bits per heavy atom. The van der Waals surface area contributed by atoms with Crippen LogP contribution in [0.15, 0.2) is 0 Å². The standard InChI is InChI=1S/C15H28O8/c16-9-11(17)14(21)15(22)12(18)10-23-8-6-4-2-1-3-5-7-13(19)20/h11,14-17,21-22H,1-10H2,(H,19,20)/t11-,14-,15-/m1/s1. The summed E-state index contributed by atoms with van der Waals surface area (Å²) in [6.07, 6.45) is 0.216. The Kier molecular flexibility index (Phi) is 12.8. The van der Waals surface area contributed by atoms with Crippen LogP contribution < -0.4 is 0 Å². The number of Topliss-reactive ketones (excluding diaryl/α,β-unsaturated/α-hetero) is 1. The van der Waals surface area contributed by atoms with E-state index in [2.05, 4.69) is 0 Å². The monoisotopic (exact) mass is 336 g/mol. The number of carboxylic acids is 1. The molecule has 0 unspecified atom stereocenters. The first kappa shape index (κ1) is 21.9. The normalized spacial score (nSPS) is 15.1. The Hall–Kier alpha value is -1.06. The highest BCUT2D eigenvalue weighted by atomic mass is 16.5. The number of unbranched alkanes of at least 4 members (excludes halogenated alkanes) is 5. The maximum atomic E-state index is 11.5. The Bertz CT molecular complexity index is 333. The van der Waals surface area contributed by atoms with Gasteiger partial charge in [-0.1, -0.05) is 25.7 Å². The predicted octanol–water partition coefficient (Wildman–Crippen LogP) is -0.538. The number of aliphatic hydroxyl groups excluding tert-OH is 4. The minimum Gasteiger partial charge on any atom is -0.481 e. The Balaban J connectivity index is 3.53. The third-order valence-electron chi connectivity index (χ3n) is 3.41. The highest BCUT2D eigenvalue weighted by molar-refractivity contribution is 5.84. The van der Waals surface area contributed by atoms with Crippen molar-refractivity contribution in [1.29, 1.82) is 0 Å². The molecule has 0 aliphatic rings. The quantitative estimate of drug-likeness (QED) is 0.251. The van der Waals surface area contributed by atoms with Crippen LogP contribution >= 0.6 is 0 Å². The number of ketones is 1. The number of hydrogen-bond acceptors (Lipinski definition) is 7. The molecule has 0 aliphatic heterocycles. The van der Waals surface area contributed by atoms with E-state index in [9.17, 15) is 19.8 Å². The molecule has 0 heterocycles. The van der Waals surface area contributed by atoms with Gasteiger partial charge in [-0.15, -0.1) is 0 Å². The number of carboxylic acid groups (broad SMARTS) is 1. The molecule has 136 valence electrons. The molecular formula is C15H28O8. The average Bonchev–Trinajstić information content (AvgIpc) is 2.53. The lowest BCUT2D eigenvalue weighted by atomic mass is 10.1. The summed E-state index contributed by atoms with van der Waals surface area (Å²) >= 11 is 0. The van der Waals surface area contributed by atoms with E-state index in [0.29, 0.717) is 13.0 Å². The fraction of sp³-hybridized carbons (Fsp3) is 0.867. The van der Waals surface area contributed by atoms with E-state index in [-0.39, 0.29) is 13.0 Å². The van der Waals surface area contributed by atoms with Gasteiger partial charge in [-0.3, -0.25) is 9.59 Å². The van der Waals surface area contributed by atoms with E-state index in [1.165, 1.54) is 0 Å². The summed E-state index contributed by atoms with van der Waals surface area (Å²) in [5.41, 5.74) is 0. The van der Waals surface area contributed by atoms with E-state index >= 15 is 0 Å². The van der Waals surface area contributed by atoms with Gasteiger partial charge in [0.2, 0.25) is 0 Å². The van der Waals surface area contributed by atoms with Crippen LogP contribution in [-0.4, -0.2) is 75.4 Å². The molecule has 0 bridgehead atoms.